The van der Waals surface area contributed by atoms with E-state index in [1.54, 1.807) is 0 Å². The molecule has 1 unspecified atom stereocenters. The molecule has 0 aromatic carbocycles. The Bertz CT molecular complexity index is 270. The van der Waals surface area contributed by atoms with Gasteiger partial charge in [-0.15, -0.1) is 0 Å². The second-order valence-corrected chi connectivity index (χ2v) is 4.97. The SMILES string of the molecule is C1=C[C@]23COC4CCC[C@H]([C@@H]12)[C@@H]43. The fraction of sp³-hybridized carbons (Fsp3) is 0.818. The molecule has 0 bridgehead atoms. The van der Waals surface area contributed by atoms with Crippen LogP contribution in [0.4, 0.5) is 0 Å². The number of rotatable bonds is 0. The van der Waals surface area contributed by atoms with Crippen molar-refractivity contribution in [2.45, 2.75) is 25.4 Å². The first kappa shape index (κ1) is 6.20. The lowest BCUT2D eigenvalue weighted by molar-refractivity contribution is -0.0808. The highest BCUT2D eigenvalue weighted by molar-refractivity contribution is 5.34. The number of hydrogen-bond donors (Lipinski definition) is 0. The minimum atomic E-state index is 0.565. The maximum Gasteiger partial charge on any atom is 0.0616 e. The predicted octanol–water partition coefficient (Wildman–Crippen LogP) is 1.99. The van der Waals surface area contributed by atoms with Crippen LogP contribution in [0.25, 0.3) is 0 Å². The highest BCUT2D eigenvalue weighted by atomic mass is 16.5. The van der Waals surface area contributed by atoms with E-state index >= 15 is 0 Å². The standard InChI is InChI=1S/C11H14O/c1-2-7-8-4-5-11(8)6-12-9(3-1)10(7)11/h4-5,7-10H,1-3,6H2/t7-,8-,9?,10+,11+/m1/s1. The summed E-state index contributed by atoms with van der Waals surface area (Å²) >= 11 is 0. The third-order valence-corrected chi connectivity index (χ3v) is 4.75. The molecule has 0 amide bonds. The Morgan fingerprint density at radius 2 is 2.33 bits per heavy atom. The zero-order valence-electron chi connectivity index (χ0n) is 7.20. The first-order valence-corrected chi connectivity index (χ1v) is 5.23. The molecule has 1 spiro atoms. The van der Waals surface area contributed by atoms with Crippen LogP contribution >= 0.6 is 0 Å². The summed E-state index contributed by atoms with van der Waals surface area (Å²) in [6.07, 6.45) is 9.73. The fourth-order valence-corrected chi connectivity index (χ4v) is 4.23. The second-order valence-electron chi connectivity index (χ2n) is 4.97. The van der Waals surface area contributed by atoms with Gasteiger partial charge in [-0.2, -0.15) is 0 Å². The van der Waals surface area contributed by atoms with E-state index in [0.29, 0.717) is 11.5 Å². The largest absolute Gasteiger partial charge is 0.377 e. The first-order chi connectivity index (χ1) is 5.92. The molecule has 1 saturated heterocycles. The van der Waals surface area contributed by atoms with Gasteiger partial charge in [-0.3, -0.25) is 0 Å². The Labute approximate surface area is 72.8 Å². The predicted molar refractivity (Wildman–Crippen MR) is 45.6 cm³/mol. The molecule has 64 valence electrons. The van der Waals surface area contributed by atoms with Gasteiger partial charge in [0.2, 0.25) is 0 Å². The van der Waals surface area contributed by atoms with Crippen LogP contribution in [0.3, 0.4) is 0 Å². The third kappa shape index (κ3) is 0.422. The van der Waals surface area contributed by atoms with Crippen LogP contribution in [0.15, 0.2) is 12.2 Å². The molecule has 5 atom stereocenters. The van der Waals surface area contributed by atoms with E-state index in [1.807, 2.05) is 0 Å². The zero-order chi connectivity index (χ0) is 7.76. The van der Waals surface area contributed by atoms with Gasteiger partial charge in [-0.1, -0.05) is 18.6 Å². The number of ether oxygens (including phenoxy) is 1. The highest BCUT2D eigenvalue weighted by Gasteiger charge is 2.69. The van der Waals surface area contributed by atoms with Crippen LogP contribution in [0.1, 0.15) is 19.3 Å². The molecule has 4 aliphatic rings. The molecule has 1 heteroatoms. The van der Waals surface area contributed by atoms with Gasteiger partial charge in [-0.05, 0) is 24.7 Å². The molecule has 0 aromatic heterocycles. The molecular formula is C11H14O. The molecule has 3 aliphatic carbocycles. The minimum Gasteiger partial charge on any atom is -0.377 e. The maximum atomic E-state index is 5.88. The second kappa shape index (κ2) is 1.65. The minimum absolute atomic E-state index is 0.565. The molecule has 0 aromatic rings. The lowest BCUT2D eigenvalue weighted by Crippen LogP contribution is -2.61. The summed E-state index contributed by atoms with van der Waals surface area (Å²) in [5.74, 6) is 2.87. The molecule has 12 heavy (non-hydrogen) atoms. The van der Waals surface area contributed by atoms with E-state index in [1.165, 1.54) is 19.3 Å². The van der Waals surface area contributed by atoms with Gasteiger partial charge < -0.3 is 4.74 Å². The van der Waals surface area contributed by atoms with Gasteiger partial charge >= 0.3 is 0 Å². The van der Waals surface area contributed by atoms with Crippen LogP contribution in [-0.4, -0.2) is 12.7 Å². The van der Waals surface area contributed by atoms with Crippen LogP contribution in [0, 0.1) is 23.2 Å². The summed E-state index contributed by atoms with van der Waals surface area (Å²) < 4.78 is 5.88. The number of allylic oxidation sites excluding steroid dienone is 1. The lowest BCUT2D eigenvalue weighted by atomic mass is 9.39. The van der Waals surface area contributed by atoms with Gasteiger partial charge in [0, 0.05) is 11.3 Å². The van der Waals surface area contributed by atoms with Crippen molar-refractivity contribution >= 4 is 0 Å². The molecule has 1 heterocycles. The average Bonchev–Trinajstić information content (AvgIpc) is 2.44. The molecule has 1 aliphatic heterocycles. The summed E-state index contributed by atoms with van der Waals surface area (Å²) in [5.41, 5.74) is 0.565. The van der Waals surface area contributed by atoms with Crippen LogP contribution in [0.5, 0.6) is 0 Å². The molecular weight excluding hydrogens is 148 g/mol. The average molecular weight is 162 g/mol. The Balaban J connectivity index is 1.82. The van der Waals surface area contributed by atoms with Crippen molar-refractivity contribution in [3.8, 4) is 0 Å². The van der Waals surface area contributed by atoms with Gasteiger partial charge in [0.1, 0.15) is 0 Å². The Hall–Kier alpha value is -0.300. The molecule has 4 rings (SSSR count). The highest BCUT2D eigenvalue weighted by Crippen LogP contribution is 2.70. The van der Waals surface area contributed by atoms with Crippen molar-refractivity contribution in [2.75, 3.05) is 6.61 Å². The monoisotopic (exact) mass is 162 g/mol. The van der Waals surface area contributed by atoms with Crippen molar-refractivity contribution in [2.24, 2.45) is 23.2 Å². The van der Waals surface area contributed by atoms with Crippen molar-refractivity contribution in [3.63, 3.8) is 0 Å². The Morgan fingerprint density at radius 1 is 1.33 bits per heavy atom. The lowest BCUT2D eigenvalue weighted by Gasteiger charge is -2.63. The molecule has 0 radical (unpaired) electrons. The van der Waals surface area contributed by atoms with Crippen LogP contribution < -0.4 is 0 Å². The van der Waals surface area contributed by atoms with E-state index in [9.17, 15) is 0 Å². The maximum absolute atomic E-state index is 5.88. The summed E-state index contributed by atoms with van der Waals surface area (Å²) in [6.45, 7) is 1.04. The van der Waals surface area contributed by atoms with Crippen molar-refractivity contribution in [3.05, 3.63) is 12.2 Å². The van der Waals surface area contributed by atoms with E-state index in [2.05, 4.69) is 12.2 Å². The van der Waals surface area contributed by atoms with Crippen molar-refractivity contribution in [1.29, 1.82) is 0 Å². The van der Waals surface area contributed by atoms with E-state index < -0.39 is 0 Å². The summed E-state index contributed by atoms with van der Waals surface area (Å²) in [4.78, 5) is 0. The van der Waals surface area contributed by atoms with E-state index in [0.717, 1.165) is 24.4 Å². The topological polar surface area (TPSA) is 9.23 Å². The van der Waals surface area contributed by atoms with E-state index in [-0.39, 0.29) is 0 Å². The van der Waals surface area contributed by atoms with Gasteiger partial charge in [0.05, 0.1) is 12.7 Å². The molecule has 1 nitrogen and oxygen atoms in total. The molecule has 2 saturated carbocycles. The van der Waals surface area contributed by atoms with Gasteiger partial charge in [-0.25, -0.2) is 0 Å². The van der Waals surface area contributed by atoms with Gasteiger partial charge in [0.15, 0.2) is 0 Å². The summed E-state index contributed by atoms with van der Waals surface area (Å²) in [5, 5.41) is 0. The van der Waals surface area contributed by atoms with E-state index in [4.69, 9.17) is 4.74 Å². The summed E-state index contributed by atoms with van der Waals surface area (Å²) in [6, 6.07) is 0. The van der Waals surface area contributed by atoms with Crippen molar-refractivity contribution in [1.82, 2.24) is 0 Å². The van der Waals surface area contributed by atoms with Crippen LogP contribution in [-0.2, 0) is 4.74 Å². The fourth-order valence-electron chi connectivity index (χ4n) is 4.23. The van der Waals surface area contributed by atoms with Crippen LogP contribution in [0.2, 0.25) is 0 Å². The quantitative estimate of drug-likeness (QED) is 0.495. The van der Waals surface area contributed by atoms with Crippen molar-refractivity contribution < 1.29 is 4.74 Å². The normalized spacial score (nSPS) is 64.7. The third-order valence-electron chi connectivity index (χ3n) is 4.75. The number of fused-ring (bicyclic) bond motifs is 1. The smallest absolute Gasteiger partial charge is 0.0616 e. The van der Waals surface area contributed by atoms with Gasteiger partial charge in [0.25, 0.3) is 0 Å². The Morgan fingerprint density at radius 3 is 3.17 bits per heavy atom. The zero-order valence-corrected chi connectivity index (χ0v) is 7.20. The first-order valence-electron chi connectivity index (χ1n) is 5.23. The molecule has 0 N–H and O–H groups in total. The number of hydrogen-bond acceptors (Lipinski definition) is 1. The summed E-state index contributed by atoms with van der Waals surface area (Å²) in [7, 11) is 0. The molecule has 3 fully saturated rings. The Kier molecular flexibility index (Phi) is 0.852.